The fourth-order valence-electron chi connectivity index (χ4n) is 3.08. The van der Waals surface area contributed by atoms with Crippen molar-refractivity contribution >= 4 is 6.03 Å². The SMILES string of the molecule is CC(C)[C@H](NC(=O)N1CCCC1)c1nnc2n1CCC2. The van der Waals surface area contributed by atoms with Crippen molar-refractivity contribution < 1.29 is 4.79 Å². The lowest BCUT2D eigenvalue weighted by molar-refractivity contribution is 0.199. The number of aromatic nitrogens is 3. The second-order valence-electron chi connectivity index (χ2n) is 6.09. The molecule has 1 saturated heterocycles. The molecule has 0 radical (unpaired) electrons. The van der Waals surface area contributed by atoms with Gasteiger partial charge in [-0.05, 0) is 25.2 Å². The Morgan fingerprint density at radius 3 is 2.60 bits per heavy atom. The van der Waals surface area contributed by atoms with Gasteiger partial charge in [0.2, 0.25) is 0 Å². The highest BCUT2D eigenvalue weighted by atomic mass is 16.2. The van der Waals surface area contributed by atoms with Crippen LogP contribution in [0.5, 0.6) is 0 Å². The molecule has 1 fully saturated rings. The number of fused-ring (bicyclic) bond motifs is 1. The number of urea groups is 1. The van der Waals surface area contributed by atoms with Crippen molar-refractivity contribution in [1.82, 2.24) is 25.0 Å². The van der Waals surface area contributed by atoms with Crippen LogP contribution in [0.25, 0.3) is 0 Å². The number of hydrogen-bond acceptors (Lipinski definition) is 3. The molecule has 3 heterocycles. The Kier molecular flexibility index (Phi) is 3.63. The molecule has 0 unspecified atom stereocenters. The Hall–Kier alpha value is -1.59. The van der Waals surface area contributed by atoms with Gasteiger partial charge in [0.25, 0.3) is 0 Å². The molecule has 1 aromatic heterocycles. The maximum absolute atomic E-state index is 12.3. The minimum atomic E-state index is -0.0533. The summed E-state index contributed by atoms with van der Waals surface area (Å²) in [5.74, 6) is 2.27. The molecule has 1 N–H and O–H groups in total. The molecule has 1 aromatic rings. The first-order valence-electron chi connectivity index (χ1n) is 7.64. The third-order valence-corrected chi connectivity index (χ3v) is 4.26. The summed E-state index contributed by atoms with van der Waals surface area (Å²) in [6.07, 6.45) is 4.35. The van der Waals surface area contributed by atoms with E-state index < -0.39 is 0 Å². The van der Waals surface area contributed by atoms with Gasteiger partial charge < -0.3 is 14.8 Å². The van der Waals surface area contributed by atoms with E-state index in [9.17, 15) is 4.79 Å². The monoisotopic (exact) mass is 277 g/mol. The largest absolute Gasteiger partial charge is 0.328 e. The number of nitrogens with one attached hydrogen (secondary N) is 1. The minimum Gasteiger partial charge on any atom is -0.328 e. The lowest BCUT2D eigenvalue weighted by Crippen LogP contribution is -2.42. The number of carbonyl (C=O) groups excluding carboxylic acids is 1. The van der Waals surface area contributed by atoms with E-state index in [-0.39, 0.29) is 12.1 Å². The van der Waals surface area contributed by atoms with Crippen molar-refractivity contribution in [1.29, 1.82) is 0 Å². The molecule has 2 amide bonds. The Morgan fingerprint density at radius 1 is 1.15 bits per heavy atom. The summed E-state index contributed by atoms with van der Waals surface area (Å²) < 4.78 is 2.18. The van der Waals surface area contributed by atoms with Crippen LogP contribution in [0, 0.1) is 5.92 Å². The Labute approximate surface area is 119 Å². The first kappa shape index (κ1) is 13.4. The van der Waals surface area contributed by atoms with Crippen molar-refractivity contribution in [2.24, 2.45) is 5.92 Å². The molecule has 0 spiro atoms. The van der Waals surface area contributed by atoms with E-state index in [1.54, 1.807) is 0 Å². The molecule has 0 bridgehead atoms. The minimum absolute atomic E-state index is 0.0385. The third kappa shape index (κ3) is 2.39. The van der Waals surface area contributed by atoms with Gasteiger partial charge in [-0.3, -0.25) is 0 Å². The molecule has 0 saturated carbocycles. The zero-order chi connectivity index (χ0) is 14.1. The first-order valence-corrected chi connectivity index (χ1v) is 7.64. The number of carbonyl (C=O) groups is 1. The van der Waals surface area contributed by atoms with Crippen molar-refractivity contribution in [2.75, 3.05) is 13.1 Å². The second kappa shape index (κ2) is 5.42. The molecule has 0 aliphatic carbocycles. The van der Waals surface area contributed by atoms with Crippen LogP contribution in [-0.2, 0) is 13.0 Å². The van der Waals surface area contributed by atoms with Crippen LogP contribution < -0.4 is 5.32 Å². The van der Waals surface area contributed by atoms with E-state index in [0.717, 1.165) is 57.0 Å². The summed E-state index contributed by atoms with van der Waals surface area (Å²) in [6, 6.07) is -0.0148. The fourth-order valence-corrected chi connectivity index (χ4v) is 3.08. The van der Waals surface area contributed by atoms with Crippen LogP contribution in [0.1, 0.15) is 50.8 Å². The highest BCUT2D eigenvalue weighted by Crippen LogP contribution is 2.25. The van der Waals surface area contributed by atoms with Crippen molar-refractivity contribution in [3.05, 3.63) is 11.6 Å². The number of likely N-dealkylation sites (tertiary alicyclic amines) is 1. The normalized spacial score (nSPS) is 19.4. The van der Waals surface area contributed by atoms with Gasteiger partial charge in [-0.25, -0.2) is 4.79 Å². The smallest absolute Gasteiger partial charge is 0.317 e. The summed E-state index contributed by atoms with van der Waals surface area (Å²) in [5.41, 5.74) is 0. The van der Waals surface area contributed by atoms with Crippen molar-refractivity contribution in [3.63, 3.8) is 0 Å². The molecule has 0 aromatic carbocycles. The molecule has 3 rings (SSSR count). The molecule has 110 valence electrons. The van der Waals surface area contributed by atoms with Gasteiger partial charge in [0.15, 0.2) is 5.82 Å². The van der Waals surface area contributed by atoms with E-state index in [4.69, 9.17) is 0 Å². The number of amides is 2. The average molecular weight is 277 g/mol. The fraction of sp³-hybridized carbons (Fsp3) is 0.786. The zero-order valence-electron chi connectivity index (χ0n) is 12.3. The first-order chi connectivity index (χ1) is 9.66. The van der Waals surface area contributed by atoms with Crippen LogP contribution in [0.4, 0.5) is 4.79 Å². The van der Waals surface area contributed by atoms with Crippen LogP contribution in [0.15, 0.2) is 0 Å². The second-order valence-corrected chi connectivity index (χ2v) is 6.09. The van der Waals surface area contributed by atoms with E-state index in [0.29, 0.717) is 5.92 Å². The number of rotatable bonds is 3. The van der Waals surface area contributed by atoms with Crippen LogP contribution >= 0.6 is 0 Å². The number of aryl methyl sites for hydroxylation is 1. The summed E-state index contributed by atoms with van der Waals surface area (Å²) in [6.45, 7) is 6.95. The van der Waals surface area contributed by atoms with E-state index >= 15 is 0 Å². The topological polar surface area (TPSA) is 63.1 Å². The summed E-state index contributed by atoms with van der Waals surface area (Å²) in [5, 5.41) is 11.7. The van der Waals surface area contributed by atoms with Crippen molar-refractivity contribution in [3.8, 4) is 0 Å². The van der Waals surface area contributed by atoms with Crippen LogP contribution in [0.2, 0.25) is 0 Å². The van der Waals surface area contributed by atoms with Gasteiger partial charge in [-0.1, -0.05) is 13.8 Å². The van der Waals surface area contributed by atoms with E-state index in [2.05, 4.69) is 33.9 Å². The zero-order valence-corrected chi connectivity index (χ0v) is 12.3. The van der Waals surface area contributed by atoms with Gasteiger partial charge in [-0.2, -0.15) is 0 Å². The molecule has 6 nitrogen and oxygen atoms in total. The summed E-state index contributed by atoms with van der Waals surface area (Å²) in [7, 11) is 0. The van der Waals surface area contributed by atoms with Crippen LogP contribution in [0.3, 0.4) is 0 Å². The van der Waals surface area contributed by atoms with Crippen LogP contribution in [-0.4, -0.2) is 38.8 Å². The number of hydrogen-bond donors (Lipinski definition) is 1. The Morgan fingerprint density at radius 2 is 1.90 bits per heavy atom. The Bertz CT molecular complexity index is 490. The predicted octanol–water partition coefficient (Wildman–Crippen LogP) is 1.73. The molecule has 2 aliphatic rings. The molecular formula is C14H23N5O. The maximum atomic E-state index is 12.3. The lowest BCUT2D eigenvalue weighted by Gasteiger charge is -2.25. The van der Waals surface area contributed by atoms with Gasteiger partial charge in [0.1, 0.15) is 5.82 Å². The average Bonchev–Trinajstić information content (AvgIpc) is 3.12. The summed E-state index contributed by atoms with van der Waals surface area (Å²) >= 11 is 0. The highest BCUT2D eigenvalue weighted by molar-refractivity contribution is 5.74. The predicted molar refractivity (Wildman–Crippen MR) is 75.3 cm³/mol. The standard InChI is InChI=1S/C14H23N5O/c1-10(2)12(15-14(20)18-7-3-4-8-18)13-17-16-11-6-5-9-19(11)13/h10,12H,3-9H2,1-2H3,(H,15,20)/t12-/m0/s1. The van der Waals surface area contributed by atoms with Gasteiger partial charge in [0.05, 0.1) is 6.04 Å². The quantitative estimate of drug-likeness (QED) is 0.915. The Balaban J connectivity index is 1.76. The molecule has 1 atom stereocenters. The third-order valence-electron chi connectivity index (χ3n) is 4.26. The van der Waals surface area contributed by atoms with Gasteiger partial charge in [0, 0.05) is 26.1 Å². The van der Waals surface area contributed by atoms with Crippen molar-refractivity contribution in [2.45, 2.75) is 52.1 Å². The lowest BCUT2D eigenvalue weighted by atomic mass is 10.0. The highest BCUT2D eigenvalue weighted by Gasteiger charge is 2.29. The molecule has 6 heteroatoms. The van der Waals surface area contributed by atoms with E-state index in [1.807, 2.05) is 4.90 Å². The van der Waals surface area contributed by atoms with E-state index in [1.165, 1.54) is 0 Å². The number of nitrogens with zero attached hydrogens (tertiary/aromatic N) is 4. The van der Waals surface area contributed by atoms with Gasteiger partial charge in [-0.15, -0.1) is 10.2 Å². The van der Waals surface area contributed by atoms with Gasteiger partial charge >= 0.3 is 6.03 Å². The maximum Gasteiger partial charge on any atom is 0.317 e. The molecular weight excluding hydrogens is 254 g/mol. The summed E-state index contributed by atoms with van der Waals surface area (Å²) in [4.78, 5) is 14.2. The molecule has 20 heavy (non-hydrogen) atoms. The molecule has 2 aliphatic heterocycles.